The molecule has 1 fully saturated rings. The van der Waals surface area contributed by atoms with Crippen molar-refractivity contribution in [3.8, 4) is 17.2 Å². The molecule has 0 spiro atoms. The van der Waals surface area contributed by atoms with Crippen molar-refractivity contribution in [2.75, 3.05) is 46.6 Å². The molecular weight excluding hydrogens is 395 g/mol. The lowest BCUT2D eigenvalue weighted by atomic mass is 9.96. The van der Waals surface area contributed by atoms with Crippen LogP contribution in [0.4, 0.5) is 4.39 Å². The molecule has 2 aliphatic heterocycles. The molecule has 0 unspecified atom stereocenters. The van der Waals surface area contributed by atoms with Crippen molar-refractivity contribution in [3.63, 3.8) is 0 Å². The van der Waals surface area contributed by atoms with Crippen LogP contribution in [-0.4, -0.2) is 56.4 Å². The number of halogens is 1. The van der Waals surface area contributed by atoms with Crippen molar-refractivity contribution in [2.24, 2.45) is 5.92 Å². The molecule has 0 bridgehead atoms. The van der Waals surface area contributed by atoms with Crippen LogP contribution in [-0.2, 0) is 13.0 Å². The lowest BCUT2D eigenvalue weighted by Gasteiger charge is -2.35. The molecule has 1 saturated heterocycles. The van der Waals surface area contributed by atoms with Crippen LogP contribution in [0.1, 0.15) is 30.9 Å². The molecule has 0 aromatic heterocycles. The minimum Gasteiger partial charge on any atom is -0.493 e. The first-order chi connectivity index (χ1) is 15.1. The van der Waals surface area contributed by atoms with Crippen molar-refractivity contribution in [2.45, 2.75) is 32.7 Å². The Labute approximate surface area is 184 Å². The predicted molar refractivity (Wildman–Crippen MR) is 119 cm³/mol. The third-order valence-electron chi connectivity index (χ3n) is 6.30. The highest BCUT2D eigenvalue weighted by Crippen LogP contribution is 2.42. The molecule has 31 heavy (non-hydrogen) atoms. The van der Waals surface area contributed by atoms with Gasteiger partial charge in [0.15, 0.2) is 11.5 Å². The largest absolute Gasteiger partial charge is 0.493 e. The smallest absolute Gasteiger partial charge is 0.231 e. The molecule has 2 aliphatic rings. The Morgan fingerprint density at radius 3 is 2.90 bits per heavy atom. The van der Waals surface area contributed by atoms with Gasteiger partial charge >= 0.3 is 0 Å². The fourth-order valence-corrected chi connectivity index (χ4v) is 4.69. The van der Waals surface area contributed by atoms with Crippen LogP contribution in [0.5, 0.6) is 17.2 Å². The van der Waals surface area contributed by atoms with E-state index < -0.39 is 0 Å². The van der Waals surface area contributed by atoms with Crippen LogP contribution in [0.3, 0.4) is 0 Å². The third-order valence-corrected chi connectivity index (χ3v) is 6.30. The molecule has 2 aromatic rings. The SMILES string of the molecule is CCN(Cc1cc(OC)c2c(c1)OCO2)C[C@@H]1CCCN(CCc2cccc(F)c2)C1. The minimum atomic E-state index is -0.146. The maximum Gasteiger partial charge on any atom is 0.231 e. The highest BCUT2D eigenvalue weighted by molar-refractivity contribution is 5.55. The average Bonchev–Trinajstić information content (AvgIpc) is 3.26. The zero-order chi connectivity index (χ0) is 21.6. The van der Waals surface area contributed by atoms with Crippen molar-refractivity contribution in [3.05, 3.63) is 53.3 Å². The number of ether oxygens (including phenoxy) is 3. The number of benzene rings is 2. The lowest BCUT2D eigenvalue weighted by molar-refractivity contribution is 0.133. The number of nitrogens with zero attached hydrogens (tertiary/aromatic N) is 2. The van der Waals surface area contributed by atoms with Gasteiger partial charge in [0.2, 0.25) is 12.5 Å². The first-order valence-corrected chi connectivity index (χ1v) is 11.3. The maximum atomic E-state index is 13.4. The van der Waals surface area contributed by atoms with Gasteiger partial charge in [-0.1, -0.05) is 19.1 Å². The topological polar surface area (TPSA) is 34.2 Å². The summed E-state index contributed by atoms with van der Waals surface area (Å²) >= 11 is 0. The van der Waals surface area contributed by atoms with Crippen LogP contribution in [0.15, 0.2) is 36.4 Å². The molecule has 0 saturated carbocycles. The Morgan fingerprint density at radius 1 is 1.19 bits per heavy atom. The number of hydrogen-bond donors (Lipinski definition) is 0. The molecule has 0 aliphatic carbocycles. The van der Waals surface area contributed by atoms with E-state index in [4.69, 9.17) is 14.2 Å². The molecule has 0 N–H and O–H groups in total. The van der Waals surface area contributed by atoms with Gasteiger partial charge in [-0.25, -0.2) is 4.39 Å². The van der Waals surface area contributed by atoms with E-state index in [1.807, 2.05) is 6.07 Å². The highest BCUT2D eigenvalue weighted by Gasteiger charge is 2.24. The summed E-state index contributed by atoms with van der Waals surface area (Å²) in [5.74, 6) is 2.72. The van der Waals surface area contributed by atoms with E-state index in [-0.39, 0.29) is 12.6 Å². The van der Waals surface area contributed by atoms with Gasteiger partial charge in [-0.3, -0.25) is 4.90 Å². The molecule has 2 heterocycles. The zero-order valence-electron chi connectivity index (χ0n) is 18.6. The van der Waals surface area contributed by atoms with Crippen molar-refractivity contribution in [1.82, 2.24) is 9.80 Å². The second-order valence-corrected chi connectivity index (χ2v) is 8.55. The fourth-order valence-electron chi connectivity index (χ4n) is 4.69. The molecular formula is C25H33FN2O3. The third kappa shape index (κ3) is 5.69. The maximum absolute atomic E-state index is 13.4. The molecule has 0 radical (unpaired) electrons. The second kappa shape index (κ2) is 10.3. The fraction of sp³-hybridized carbons (Fsp3) is 0.520. The van der Waals surface area contributed by atoms with Crippen LogP contribution in [0.2, 0.25) is 0 Å². The minimum absolute atomic E-state index is 0.146. The first kappa shape index (κ1) is 21.9. The van der Waals surface area contributed by atoms with E-state index in [0.717, 1.165) is 62.8 Å². The Morgan fingerprint density at radius 2 is 2.10 bits per heavy atom. The molecule has 5 nitrogen and oxygen atoms in total. The van der Waals surface area contributed by atoms with E-state index in [1.165, 1.54) is 24.5 Å². The van der Waals surface area contributed by atoms with E-state index in [1.54, 1.807) is 19.2 Å². The predicted octanol–water partition coefficient (Wildman–Crippen LogP) is 4.34. The van der Waals surface area contributed by atoms with Crippen LogP contribution < -0.4 is 14.2 Å². The summed E-state index contributed by atoms with van der Waals surface area (Å²) in [6.07, 6.45) is 3.39. The van der Waals surface area contributed by atoms with Crippen LogP contribution in [0, 0.1) is 11.7 Å². The van der Waals surface area contributed by atoms with Crippen LogP contribution in [0.25, 0.3) is 0 Å². The Hall–Kier alpha value is -2.31. The summed E-state index contributed by atoms with van der Waals surface area (Å²) in [6, 6.07) is 11.1. The zero-order valence-corrected chi connectivity index (χ0v) is 18.6. The van der Waals surface area contributed by atoms with Crippen molar-refractivity contribution < 1.29 is 18.6 Å². The van der Waals surface area contributed by atoms with E-state index in [2.05, 4.69) is 28.9 Å². The standard InChI is InChI=1S/C25H33FN2O3/c1-3-27(17-21-13-23(29-2)25-24(14-21)30-18-31-25)15-20-7-5-10-28(16-20)11-9-19-6-4-8-22(26)12-19/h4,6,8,12-14,20H,3,5,7,9-11,15-18H2,1-2H3/t20-/m0/s1. The van der Waals surface area contributed by atoms with E-state index in [9.17, 15) is 4.39 Å². The van der Waals surface area contributed by atoms with E-state index >= 15 is 0 Å². The van der Waals surface area contributed by atoms with Crippen molar-refractivity contribution in [1.29, 1.82) is 0 Å². The van der Waals surface area contributed by atoms with E-state index in [0.29, 0.717) is 11.7 Å². The Kier molecular flexibility index (Phi) is 7.30. The van der Waals surface area contributed by atoms with Gasteiger partial charge in [0.25, 0.3) is 0 Å². The second-order valence-electron chi connectivity index (χ2n) is 8.55. The molecule has 2 aromatic carbocycles. The summed E-state index contributed by atoms with van der Waals surface area (Å²) in [7, 11) is 1.67. The first-order valence-electron chi connectivity index (χ1n) is 11.3. The molecule has 6 heteroatoms. The number of rotatable bonds is 9. The van der Waals surface area contributed by atoms with Gasteiger partial charge in [0.05, 0.1) is 7.11 Å². The molecule has 168 valence electrons. The number of hydrogen-bond acceptors (Lipinski definition) is 5. The number of likely N-dealkylation sites (tertiary alicyclic amines) is 1. The highest BCUT2D eigenvalue weighted by atomic mass is 19.1. The number of fused-ring (bicyclic) bond motifs is 1. The normalized spacial score (nSPS) is 18.5. The van der Waals surface area contributed by atoms with Gasteiger partial charge < -0.3 is 19.1 Å². The number of methoxy groups -OCH3 is 1. The van der Waals surface area contributed by atoms with Gasteiger partial charge in [-0.05, 0) is 73.7 Å². The molecule has 4 rings (SSSR count). The molecule has 0 amide bonds. The Bertz CT molecular complexity index is 876. The van der Waals surface area contributed by atoms with Gasteiger partial charge in [0, 0.05) is 26.2 Å². The Balaban J connectivity index is 1.32. The number of piperidine rings is 1. The summed E-state index contributed by atoms with van der Waals surface area (Å²) in [4.78, 5) is 5.04. The van der Waals surface area contributed by atoms with Gasteiger partial charge in [-0.2, -0.15) is 0 Å². The summed E-state index contributed by atoms with van der Waals surface area (Å²) in [6.45, 7) is 8.64. The van der Waals surface area contributed by atoms with Gasteiger partial charge in [-0.15, -0.1) is 0 Å². The van der Waals surface area contributed by atoms with Crippen LogP contribution >= 0.6 is 0 Å². The summed E-state index contributed by atoms with van der Waals surface area (Å²) in [5.41, 5.74) is 2.26. The van der Waals surface area contributed by atoms with Gasteiger partial charge in [0.1, 0.15) is 5.82 Å². The average molecular weight is 429 g/mol. The molecule has 1 atom stereocenters. The summed E-state index contributed by atoms with van der Waals surface area (Å²) < 4.78 is 30.0. The summed E-state index contributed by atoms with van der Waals surface area (Å²) in [5, 5.41) is 0. The lowest BCUT2D eigenvalue weighted by Crippen LogP contribution is -2.41. The quantitative estimate of drug-likeness (QED) is 0.594. The monoisotopic (exact) mass is 428 g/mol. The van der Waals surface area contributed by atoms with Crippen molar-refractivity contribution >= 4 is 0 Å².